The van der Waals surface area contributed by atoms with Gasteiger partial charge in [-0.25, -0.2) is 9.67 Å². The molecule has 0 atom stereocenters. The molecule has 0 saturated heterocycles. The van der Waals surface area contributed by atoms with Crippen LogP contribution in [0.4, 0.5) is 5.69 Å². The molecule has 7 heteroatoms. The van der Waals surface area contributed by atoms with Crippen LogP contribution in [0.3, 0.4) is 0 Å². The van der Waals surface area contributed by atoms with Crippen LogP contribution < -0.4 is 5.32 Å². The van der Waals surface area contributed by atoms with Crippen molar-refractivity contribution in [1.29, 1.82) is 0 Å². The quantitative estimate of drug-likeness (QED) is 0.583. The van der Waals surface area contributed by atoms with Gasteiger partial charge >= 0.3 is 0 Å². The van der Waals surface area contributed by atoms with Gasteiger partial charge in [-0.05, 0) is 37.6 Å². The molecule has 4 aromatic rings. The topological polar surface area (TPSA) is 77.6 Å². The first kappa shape index (κ1) is 17.7. The fraction of sp³-hybridized carbons (Fsp3) is 0.143. The minimum atomic E-state index is -0.222. The summed E-state index contributed by atoms with van der Waals surface area (Å²) in [4.78, 5) is 16.9. The Bertz CT molecular complexity index is 1100. The van der Waals surface area contributed by atoms with Crippen LogP contribution in [0.5, 0.6) is 0 Å². The minimum Gasteiger partial charge on any atom is -0.320 e. The average Bonchev–Trinajstić information content (AvgIpc) is 3.29. The molecule has 140 valence electrons. The monoisotopic (exact) mass is 372 g/mol. The van der Waals surface area contributed by atoms with Gasteiger partial charge in [0.15, 0.2) is 5.82 Å². The van der Waals surface area contributed by atoms with Gasteiger partial charge in [-0.2, -0.15) is 10.2 Å². The van der Waals surface area contributed by atoms with E-state index in [0.717, 1.165) is 17.0 Å². The Morgan fingerprint density at radius 2 is 1.89 bits per heavy atom. The van der Waals surface area contributed by atoms with Gasteiger partial charge in [0.2, 0.25) is 0 Å². The summed E-state index contributed by atoms with van der Waals surface area (Å²) in [5.41, 5.74) is 4.18. The number of carbonyl (C=O) groups is 1. The minimum absolute atomic E-state index is 0.222. The number of benzene rings is 1. The molecule has 3 aromatic heterocycles. The van der Waals surface area contributed by atoms with Crippen LogP contribution in [-0.2, 0) is 6.54 Å². The summed E-state index contributed by atoms with van der Waals surface area (Å²) >= 11 is 0. The molecule has 0 aliphatic carbocycles. The average molecular weight is 372 g/mol. The van der Waals surface area contributed by atoms with Gasteiger partial charge in [0.05, 0.1) is 35.9 Å². The molecule has 28 heavy (non-hydrogen) atoms. The predicted octanol–water partition coefficient (Wildman–Crippen LogP) is 3.38. The highest BCUT2D eigenvalue weighted by molar-refractivity contribution is 6.03. The molecule has 7 nitrogen and oxygen atoms in total. The standard InChI is InChI=1S/C21H20N6O/c1-15-10-16(2)27(25-15)20-9-8-19(12-22-20)24-21(28)18-11-23-26(14-18)13-17-6-4-3-5-7-17/h3-12,14H,13H2,1-2H3,(H,24,28). The van der Waals surface area contributed by atoms with E-state index in [0.29, 0.717) is 23.6 Å². The lowest BCUT2D eigenvalue weighted by atomic mass is 10.2. The highest BCUT2D eigenvalue weighted by atomic mass is 16.1. The summed E-state index contributed by atoms with van der Waals surface area (Å²) in [5.74, 6) is 0.485. The number of pyridine rings is 1. The van der Waals surface area contributed by atoms with E-state index in [9.17, 15) is 4.79 Å². The van der Waals surface area contributed by atoms with E-state index in [1.54, 1.807) is 28.0 Å². The second-order valence-corrected chi connectivity index (χ2v) is 6.61. The first-order valence-electron chi connectivity index (χ1n) is 8.96. The zero-order chi connectivity index (χ0) is 19.5. The number of hydrogen-bond acceptors (Lipinski definition) is 4. The Kier molecular flexibility index (Phi) is 4.72. The summed E-state index contributed by atoms with van der Waals surface area (Å²) in [7, 11) is 0. The maximum absolute atomic E-state index is 12.5. The Morgan fingerprint density at radius 3 is 2.57 bits per heavy atom. The summed E-state index contributed by atoms with van der Waals surface area (Å²) in [5, 5.41) is 11.5. The lowest BCUT2D eigenvalue weighted by Gasteiger charge is -2.06. The molecular weight excluding hydrogens is 352 g/mol. The molecule has 1 amide bonds. The number of hydrogen-bond donors (Lipinski definition) is 1. The SMILES string of the molecule is Cc1cc(C)n(-c2ccc(NC(=O)c3cnn(Cc4ccccc4)c3)cn2)n1. The van der Waals surface area contributed by atoms with Crippen LogP contribution in [0.15, 0.2) is 67.1 Å². The number of aromatic nitrogens is 5. The summed E-state index contributed by atoms with van der Waals surface area (Å²) < 4.78 is 3.52. The van der Waals surface area contributed by atoms with E-state index >= 15 is 0 Å². The number of amides is 1. The summed E-state index contributed by atoms with van der Waals surface area (Å²) in [6, 6.07) is 15.6. The lowest BCUT2D eigenvalue weighted by molar-refractivity contribution is 0.102. The number of rotatable bonds is 5. The number of aryl methyl sites for hydroxylation is 2. The van der Waals surface area contributed by atoms with Crippen molar-refractivity contribution >= 4 is 11.6 Å². The van der Waals surface area contributed by atoms with E-state index < -0.39 is 0 Å². The first-order chi connectivity index (χ1) is 13.6. The smallest absolute Gasteiger partial charge is 0.258 e. The van der Waals surface area contributed by atoms with Crippen molar-refractivity contribution in [3.05, 3.63) is 89.6 Å². The van der Waals surface area contributed by atoms with Crippen molar-refractivity contribution in [2.24, 2.45) is 0 Å². The Morgan fingerprint density at radius 1 is 1.07 bits per heavy atom. The van der Waals surface area contributed by atoms with Crippen molar-refractivity contribution in [3.8, 4) is 5.82 Å². The highest BCUT2D eigenvalue weighted by Gasteiger charge is 2.10. The highest BCUT2D eigenvalue weighted by Crippen LogP contribution is 2.14. The molecule has 0 aliphatic rings. The van der Waals surface area contributed by atoms with Crippen LogP contribution in [0.25, 0.3) is 5.82 Å². The number of nitrogens with zero attached hydrogens (tertiary/aromatic N) is 5. The molecule has 1 N–H and O–H groups in total. The van der Waals surface area contributed by atoms with E-state index in [1.807, 2.05) is 62.4 Å². The van der Waals surface area contributed by atoms with Crippen molar-refractivity contribution in [1.82, 2.24) is 24.5 Å². The first-order valence-corrected chi connectivity index (χ1v) is 8.96. The number of carbonyl (C=O) groups excluding carboxylic acids is 1. The zero-order valence-electron chi connectivity index (χ0n) is 15.7. The van der Waals surface area contributed by atoms with E-state index in [4.69, 9.17) is 0 Å². The fourth-order valence-electron chi connectivity index (χ4n) is 2.99. The van der Waals surface area contributed by atoms with E-state index in [1.165, 1.54) is 0 Å². The van der Waals surface area contributed by atoms with E-state index in [-0.39, 0.29) is 5.91 Å². The van der Waals surface area contributed by atoms with Gasteiger partial charge < -0.3 is 5.32 Å². The molecule has 0 fully saturated rings. The van der Waals surface area contributed by atoms with Crippen LogP contribution in [0.1, 0.15) is 27.3 Å². The third-order valence-electron chi connectivity index (χ3n) is 4.32. The molecule has 0 aliphatic heterocycles. The second-order valence-electron chi connectivity index (χ2n) is 6.61. The molecule has 0 saturated carbocycles. The number of anilines is 1. The van der Waals surface area contributed by atoms with Crippen LogP contribution in [-0.4, -0.2) is 30.5 Å². The van der Waals surface area contributed by atoms with Crippen molar-refractivity contribution in [2.45, 2.75) is 20.4 Å². The van der Waals surface area contributed by atoms with Crippen LogP contribution in [0.2, 0.25) is 0 Å². The molecule has 0 spiro atoms. The van der Waals surface area contributed by atoms with Gasteiger partial charge in [0, 0.05) is 11.9 Å². The van der Waals surface area contributed by atoms with Gasteiger partial charge in [0.1, 0.15) is 0 Å². The maximum atomic E-state index is 12.5. The van der Waals surface area contributed by atoms with Crippen LogP contribution >= 0.6 is 0 Å². The van der Waals surface area contributed by atoms with Crippen LogP contribution in [0, 0.1) is 13.8 Å². The fourth-order valence-corrected chi connectivity index (χ4v) is 2.99. The van der Waals surface area contributed by atoms with Crippen molar-refractivity contribution < 1.29 is 4.79 Å². The Balaban J connectivity index is 1.43. The molecule has 0 radical (unpaired) electrons. The third-order valence-corrected chi connectivity index (χ3v) is 4.32. The summed E-state index contributed by atoms with van der Waals surface area (Å²) in [6.45, 7) is 4.54. The molecule has 0 unspecified atom stereocenters. The number of nitrogens with one attached hydrogen (secondary N) is 1. The van der Waals surface area contributed by atoms with Crippen molar-refractivity contribution in [2.75, 3.05) is 5.32 Å². The van der Waals surface area contributed by atoms with Gasteiger partial charge in [0.25, 0.3) is 5.91 Å². The Labute approximate surface area is 162 Å². The molecule has 4 rings (SSSR count). The predicted molar refractivity (Wildman–Crippen MR) is 107 cm³/mol. The largest absolute Gasteiger partial charge is 0.320 e. The molecule has 1 aromatic carbocycles. The van der Waals surface area contributed by atoms with Gasteiger partial charge in [-0.3, -0.25) is 9.48 Å². The van der Waals surface area contributed by atoms with Gasteiger partial charge in [-0.15, -0.1) is 0 Å². The normalized spacial score (nSPS) is 10.8. The Hall–Kier alpha value is -3.74. The molecule has 3 heterocycles. The zero-order valence-corrected chi connectivity index (χ0v) is 15.7. The lowest BCUT2D eigenvalue weighted by Crippen LogP contribution is -2.12. The molecular formula is C21H20N6O. The molecule has 0 bridgehead atoms. The maximum Gasteiger partial charge on any atom is 0.258 e. The van der Waals surface area contributed by atoms with E-state index in [2.05, 4.69) is 20.5 Å². The second kappa shape index (κ2) is 7.48. The third kappa shape index (κ3) is 3.83. The van der Waals surface area contributed by atoms with Gasteiger partial charge in [-0.1, -0.05) is 30.3 Å². The summed E-state index contributed by atoms with van der Waals surface area (Å²) in [6.07, 6.45) is 4.92. The van der Waals surface area contributed by atoms with Crippen molar-refractivity contribution in [3.63, 3.8) is 0 Å².